The molecule has 0 aliphatic heterocycles. The van der Waals surface area contributed by atoms with Crippen LogP contribution in [0.3, 0.4) is 0 Å². The zero-order valence-electron chi connectivity index (χ0n) is 18.3. The number of benzene rings is 1. The number of thioether (sulfide) groups is 1. The molecule has 0 amide bonds. The first-order chi connectivity index (χ1) is 14.4. The molecule has 1 rings (SSSR count). The zero-order valence-corrected chi connectivity index (χ0v) is 19.9. The maximum absolute atomic E-state index is 12.1. The molecule has 0 aliphatic rings. The summed E-state index contributed by atoms with van der Waals surface area (Å²) in [6.45, 7) is 2.18. The zero-order chi connectivity index (χ0) is 22.1. The summed E-state index contributed by atoms with van der Waals surface area (Å²) in [5.41, 5.74) is 1.03. The molecule has 0 fully saturated rings. The van der Waals surface area contributed by atoms with Crippen LogP contribution in [0.2, 0.25) is 0 Å². The lowest BCUT2D eigenvalue weighted by molar-refractivity contribution is -0.137. The van der Waals surface area contributed by atoms with Crippen molar-refractivity contribution in [3.05, 3.63) is 29.8 Å². The standard InChI is InChI=1S/C23H38O5S2/c1-21-14-16-22(17-15-21)30(26,27)28-18-10-7-5-3-2-4-6-8-11-19-29-20-12-9-13-23(24)25/h14-17H,2-13,18-20H2,1H3,(H,24,25). The SMILES string of the molecule is Cc1ccc(S(=O)(=O)OCCCCCCCCCCCSCCCCC(=O)O)cc1. The summed E-state index contributed by atoms with van der Waals surface area (Å²) >= 11 is 1.94. The highest BCUT2D eigenvalue weighted by Gasteiger charge is 2.14. The van der Waals surface area contributed by atoms with Crippen molar-refractivity contribution in [1.29, 1.82) is 0 Å². The summed E-state index contributed by atoms with van der Waals surface area (Å²) in [6.07, 6.45) is 12.5. The van der Waals surface area contributed by atoms with Crippen molar-refractivity contribution in [2.24, 2.45) is 0 Å². The Labute approximate surface area is 187 Å². The van der Waals surface area contributed by atoms with E-state index in [2.05, 4.69) is 0 Å². The number of hydrogen-bond acceptors (Lipinski definition) is 5. The molecule has 172 valence electrons. The van der Waals surface area contributed by atoms with Crippen LogP contribution in [-0.4, -0.2) is 37.6 Å². The third-order valence-corrected chi connectivity index (χ3v) is 7.39. The van der Waals surface area contributed by atoms with Crippen LogP contribution in [0.4, 0.5) is 0 Å². The molecule has 30 heavy (non-hydrogen) atoms. The van der Waals surface area contributed by atoms with Gasteiger partial charge in [0.1, 0.15) is 0 Å². The van der Waals surface area contributed by atoms with E-state index in [1.54, 1.807) is 24.3 Å². The molecule has 5 nitrogen and oxygen atoms in total. The predicted octanol–water partition coefficient (Wildman–Crippen LogP) is 6.20. The fourth-order valence-electron chi connectivity index (χ4n) is 3.07. The second-order valence-corrected chi connectivity index (χ2v) is 10.6. The normalized spacial score (nSPS) is 11.6. The quantitative estimate of drug-likeness (QED) is 0.196. The minimum atomic E-state index is -3.63. The minimum absolute atomic E-state index is 0.227. The molecular formula is C23H38O5S2. The number of aryl methyl sites for hydroxylation is 1. The smallest absolute Gasteiger partial charge is 0.303 e. The largest absolute Gasteiger partial charge is 0.481 e. The van der Waals surface area contributed by atoms with Gasteiger partial charge in [-0.05, 0) is 56.2 Å². The first-order valence-corrected chi connectivity index (χ1v) is 13.7. The molecule has 0 radical (unpaired) electrons. The van der Waals surface area contributed by atoms with Gasteiger partial charge in [0, 0.05) is 6.42 Å². The molecule has 0 aliphatic carbocycles. The molecule has 0 atom stereocenters. The van der Waals surface area contributed by atoms with Gasteiger partial charge in [-0.3, -0.25) is 8.98 Å². The fraction of sp³-hybridized carbons (Fsp3) is 0.696. The number of aliphatic carboxylic acids is 1. The first kappa shape index (κ1) is 27.0. The van der Waals surface area contributed by atoms with Crippen LogP contribution in [0.25, 0.3) is 0 Å². The summed E-state index contributed by atoms with van der Waals surface area (Å²) in [7, 11) is -3.63. The van der Waals surface area contributed by atoms with E-state index in [1.807, 2.05) is 18.7 Å². The van der Waals surface area contributed by atoms with Crippen molar-refractivity contribution in [3.63, 3.8) is 0 Å². The Hall–Kier alpha value is -1.05. The third kappa shape index (κ3) is 14.0. The monoisotopic (exact) mass is 458 g/mol. The van der Waals surface area contributed by atoms with Crippen molar-refractivity contribution in [2.75, 3.05) is 18.1 Å². The van der Waals surface area contributed by atoms with Gasteiger partial charge in [0.2, 0.25) is 0 Å². The molecule has 0 heterocycles. The number of carbonyl (C=O) groups is 1. The van der Waals surface area contributed by atoms with E-state index >= 15 is 0 Å². The van der Waals surface area contributed by atoms with Crippen molar-refractivity contribution in [2.45, 2.75) is 88.9 Å². The van der Waals surface area contributed by atoms with E-state index in [0.717, 1.165) is 43.4 Å². The van der Waals surface area contributed by atoms with Crippen LogP contribution in [0, 0.1) is 6.92 Å². The lowest BCUT2D eigenvalue weighted by atomic mass is 10.1. The molecule has 7 heteroatoms. The summed E-state index contributed by atoms with van der Waals surface area (Å²) in [5, 5.41) is 8.57. The van der Waals surface area contributed by atoms with Gasteiger partial charge in [-0.25, -0.2) is 0 Å². The van der Waals surface area contributed by atoms with Crippen LogP contribution < -0.4 is 0 Å². The van der Waals surface area contributed by atoms with Crippen LogP contribution in [0.15, 0.2) is 29.2 Å². The van der Waals surface area contributed by atoms with Gasteiger partial charge in [-0.2, -0.15) is 20.2 Å². The van der Waals surface area contributed by atoms with Crippen LogP contribution in [0.1, 0.15) is 82.6 Å². The van der Waals surface area contributed by atoms with Crippen molar-refractivity contribution in [1.82, 2.24) is 0 Å². The Morgan fingerprint density at radius 1 is 0.833 bits per heavy atom. The maximum atomic E-state index is 12.1. The van der Waals surface area contributed by atoms with E-state index < -0.39 is 16.1 Å². The Bertz CT molecular complexity index is 671. The Kier molecular flexibility index (Phi) is 14.9. The van der Waals surface area contributed by atoms with E-state index in [0.29, 0.717) is 6.42 Å². The first-order valence-electron chi connectivity index (χ1n) is 11.2. The molecule has 0 aromatic heterocycles. The number of carboxylic acid groups (broad SMARTS) is 1. The highest BCUT2D eigenvalue weighted by molar-refractivity contribution is 7.99. The second kappa shape index (κ2) is 16.6. The van der Waals surface area contributed by atoms with Gasteiger partial charge in [-0.1, -0.05) is 62.6 Å². The van der Waals surface area contributed by atoms with Crippen LogP contribution in [0.5, 0.6) is 0 Å². The minimum Gasteiger partial charge on any atom is -0.481 e. The molecule has 0 saturated carbocycles. The molecule has 1 aromatic carbocycles. The van der Waals surface area contributed by atoms with Gasteiger partial charge in [0.05, 0.1) is 11.5 Å². The third-order valence-electron chi connectivity index (χ3n) is 4.91. The average Bonchev–Trinajstić information content (AvgIpc) is 2.70. The Morgan fingerprint density at radius 3 is 1.90 bits per heavy atom. The molecule has 0 spiro atoms. The van der Waals surface area contributed by atoms with Crippen molar-refractivity contribution in [3.8, 4) is 0 Å². The van der Waals surface area contributed by atoms with Gasteiger partial charge in [0.25, 0.3) is 10.1 Å². The van der Waals surface area contributed by atoms with Gasteiger partial charge in [-0.15, -0.1) is 0 Å². The second-order valence-electron chi connectivity index (χ2n) is 7.73. The van der Waals surface area contributed by atoms with E-state index in [1.165, 1.54) is 44.3 Å². The number of carboxylic acids is 1. The predicted molar refractivity (Wildman–Crippen MR) is 125 cm³/mol. The lowest BCUT2D eigenvalue weighted by Gasteiger charge is -2.06. The summed E-state index contributed by atoms with van der Waals surface area (Å²) < 4.78 is 29.3. The van der Waals surface area contributed by atoms with Gasteiger partial charge in [0.15, 0.2) is 0 Å². The summed E-state index contributed by atoms with van der Waals surface area (Å²) in [4.78, 5) is 10.6. The maximum Gasteiger partial charge on any atom is 0.303 e. The van der Waals surface area contributed by atoms with E-state index in [9.17, 15) is 13.2 Å². The topological polar surface area (TPSA) is 80.7 Å². The summed E-state index contributed by atoms with van der Waals surface area (Å²) in [6, 6.07) is 6.73. The van der Waals surface area contributed by atoms with Crippen molar-refractivity contribution >= 4 is 27.8 Å². The molecule has 0 saturated heterocycles. The van der Waals surface area contributed by atoms with Crippen LogP contribution >= 0.6 is 11.8 Å². The van der Waals surface area contributed by atoms with Gasteiger partial charge >= 0.3 is 5.97 Å². The average molecular weight is 459 g/mol. The Balaban J connectivity index is 1.85. The highest BCUT2D eigenvalue weighted by atomic mass is 32.2. The fourth-order valence-corrected chi connectivity index (χ4v) is 5.03. The molecule has 1 N–H and O–H groups in total. The Morgan fingerprint density at radius 2 is 1.33 bits per heavy atom. The van der Waals surface area contributed by atoms with Gasteiger partial charge < -0.3 is 5.11 Å². The highest BCUT2D eigenvalue weighted by Crippen LogP contribution is 2.15. The van der Waals surface area contributed by atoms with Crippen molar-refractivity contribution < 1.29 is 22.5 Å². The molecular weight excluding hydrogens is 420 g/mol. The van der Waals surface area contributed by atoms with E-state index in [4.69, 9.17) is 9.29 Å². The lowest BCUT2D eigenvalue weighted by Crippen LogP contribution is -2.07. The molecule has 0 bridgehead atoms. The van der Waals surface area contributed by atoms with E-state index in [-0.39, 0.29) is 11.5 Å². The summed E-state index contributed by atoms with van der Waals surface area (Å²) in [5.74, 6) is 1.56. The van der Waals surface area contributed by atoms with Crippen LogP contribution in [-0.2, 0) is 19.1 Å². The number of hydrogen-bond donors (Lipinski definition) is 1. The molecule has 1 aromatic rings. The molecule has 0 unspecified atom stereocenters. The number of rotatable bonds is 19. The number of unbranched alkanes of at least 4 members (excludes halogenated alkanes) is 9.